The standard InChI is InChI=1S/C16H18N2O/c1-11-3-2-4-13(18-11)10-19-14-6-7-15-12(9-14)5-8-16(15)17/h2-4,6-7,9,16H,5,8,10,17H2,1H3/t16-/m0/s1. The molecule has 1 aliphatic rings. The fourth-order valence-corrected chi connectivity index (χ4v) is 2.55. The van der Waals surface area contributed by atoms with Crippen LogP contribution in [0.3, 0.4) is 0 Å². The highest BCUT2D eigenvalue weighted by molar-refractivity contribution is 5.40. The number of aryl methyl sites for hydroxylation is 2. The smallest absolute Gasteiger partial charge is 0.130 e. The van der Waals surface area contributed by atoms with Crippen LogP contribution in [0.4, 0.5) is 0 Å². The Kier molecular flexibility index (Phi) is 3.22. The summed E-state index contributed by atoms with van der Waals surface area (Å²) in [6.07, 6.45) is 2.09. The van der Waals surface area contributed by atoms with E-state index in [1.54, 1.807) is 0 Å². The maximum absolute atomic E-state index is 6.03. The molecular formula is C16H18N2O. The Morgan fingerprint density at radius 3 is 3.05 bits per heavy atom. The fourth-order valence-electron chi connectivity index (χ4n) is 2.55. The quantitative estimate of drug-likeness (QED) is 0.916. The Labute approximate surface area is 113 Å². The highest BCUT2D eigenvalue weighted by Crippen LogP contribution is 2.31. The zero-order valence-electron chi connectivity index (χ0n) is 11.1. The van der Waals surface area contributed by atoms with E-state index in [0.29, 0.717) is 6.61 Å². The molecule has 0 bridgehead atoms. The van der Waals surface area contributed by atoms with Gasteiger partial charge in [-0.05, 0) is 55.2 Å². The van der Waals surface area contributed by atoms with Crippen molar-refractivity contribution in [3.63, 3.8) is 0 Å². The van der Waals surface area contributed by atoms with Crippen LogP contribution in [0, 0.1) is 6.92 Å². The van der Waals surface area contributed by atoms with Gasteiger partial charge in [0.2, 0.25) is 0 Å². The van der Waals surface area contributed by atoms with Crippen LogP contribution >= 0.6 is 0 Å². The number of nitrogens with zero attached hydrogens (tertiary/aromatic N) is 1. The monoisotopic (exact) mass is 254 g/mol. The fraction of sp³-hybridized carbons (Fsp3) is 0.312. The van der Waals surface area contributed by atoms with Crippen LogP contribution in [-0.2, 0) is 13.0 Å². The van der Waals surface area contributed by atoms with Gasteiger partial charge in [0.05, 0.1) is 5.69 Å². The number of benzene rings is 1. The first kappa shape index (κ1) is 12.2. The normalized spacial score (nSPS) is 17.3. The van der Waals surface area contributed by atoms with Crippen LogP contribution in [0.15, 0.2) is 36.4 Å². The summed E-state index contributed by atoms with van der Waals surface area (Å²) in [5.74, 6) is 0.899. The largest absolute Gasteiger partial charge is 0.487 e. The van der Waals surface area contributed by atoms with Crippen molar-refractivity contribution in [2.24, 2.45) is 5.73 Å². The Hall–Kier alpha value is -1.87. The van der Waals surface area contributed by atoms with E-state index < -0.39 is 0 Å². The van der Waals surface area contributed by atoms with E-state index in [2.05, 4.69) is 17.1 Å². The highest BCUT2D eigenvalue weighted by Gasteiger charge is 2.19. The minimum atomic E-state index is 0.197. The van der Waals surface area contributed by atoms with Crippen molar-refractivity contribution in [1.29, 1.82) is 0 Å². The van der Waals surface area contributed by atoms with Gasteiger partial charge in [0.1, 0.15) is 12.4 Å². The second kappa shape index (κ2) is 5.02. The summed E-state index contributed by atoms with van der Waals surface area (Å²) in [4.78, 5) is 4.43. The molecule has 0 saturated carbocycles. The van der Waals surface area contributed by atoms with Gasteiger partial charge in [-0.15, -0.1) is 0 Å². The predicted octanol–water partition coefficient (Wildman–Crippen LogP) is 2.92. The minimum Gasteiger partial charge on any atom is -0.487 e. The molecule has 98 valence electrons. The van der Waals surface area contributed by atoms with E-state index >= 15 is 0 Å². The molecule has 2 aromatic rings. The second-order valence-electron chi connectivity index (χ2n) is 5.06. The van der Waals surface area contributed by atoms with Crippen molar-refractivity contribution in [2.45, 2.75) is 32.4 Å². The molecule has 3 nitrogen and oxygen atoms in total. The van der Waals surface area contributed by atoms with Gasteiger partial charge in [-0.2, -0.15) is 0 Å². The van der Waals surface area contributed by atoms with Crippen LogP contribution < -0.4 is 10.5 Å². The second-order valence-corrected chi connectivity index (χ2v) is 5.06. The molecule has 1 heterocycles. The zero-order chi connectivity index (χ0) is 13.2. The van der Waals surface area contributed by atoms with Gasteiger partial charge < -0.3 is 10.5 Å². The number of aromatic nitrogens is 1. The summed E-state index contributed by atoms with van der Waals surface area (Å²) in [5.41, 5.74) is 10.6. The van der Waals surface area contributed by atoms with Gasteiger partial charge in [-0.3, -0.25) is 4.98 Å². The third kappa shape index (κ3) is 2.61. The van der Waals surface area contributed by atoms with E-state index in [0.717, 1.165) is 30.0 Å². The summed E-state index contributed by atoms with van der Waals surface area (Å²) in [6.45, 7) is 2.49. The van der Waals surface area contributed by atoms with E-state index in [1.165, 1.54) is 11.1 Å². The van der Waals surface area contributed by atoms with E-state index in [9.17, 15) is 0 Å². The maximum atomic E-state index is 6.03. The number of fused-ring (bicyclic) bond motifs is 1. The van der Waals surface area contributed by atoms with E-state index in [4.69, 9.17) is 10.5 Å². The van der Waals surface area contributed by atoms with Crippen molar-refractivity contribution in [3.05, 3.63) is 58.9 Å². The summed E-state index contributed by atoms with van der Waals surface area (Å²) >= 11 is 0. The Morgan fingerprint density at radius 2 is 2.21 bits per heavy atom. The van der Waals surface area contributed by atoms with Gasteiger partial charge in [0.25, 0.3) is 0 Å². The lowest BCUT2D eigenvalue weighted by atomic mass is 10.1. The molecule has 1 aromatic carbocycles. The number of nitrogens with two attached hydrogens (primary N) is 1. The lowest BCUT2D eigenvalue weighted by Gasteiger charge is -2.09. The predicted molar refractivity (Wildman–Crippen MR) is 75.0 cm³/mol. The minimum absolute atomic E-state index is 0.197. The first-order valence-corrected chi connectivity index (χ1v) is 6.66. The van der Waals surface area contributed by atoms with Gasteiger partial charge in [-0.25, -0.2) is 0 Å². The number of hydrogen-bond donors (Lipinski definition) is 1. The Morgan fingerprint density at radius 1 is 1.32 bits per heavy atom. The summed E-state index contributed by atoms with van der Waals surface area (Å²) in [6, 6.07) is 12.4. The van der Waals surface area contributed by atoms with E-state index in [1.807, 2.05) is 31.2 Å². The van der Waals surface area contributed by atoms with Crippen LogP contribution in [0.2, 0.25) is 0 Å². The van der Waals surface area contributed by atoms with Gasteiger partial charge >= 0.3 is 0 Å². The van der Waals surface area contributed by atoms with Gasteiger partial charge in [0.15, 0.2) is 0 Å². The average Bonchev–Trinajstić information content (AvgIpc) is 2.78. The van der Waals surface area contributed by atoms with Crippen LogP contribution in [-0.4, -0.2) is 4.98 Å². The molecule has 0 spiro atoms. The molecule has 0 fully saturated rings. The molecular weight excluding hydrogens is 236 g/mol. The molecule has 0 saturated heterocycles. The SMILES string of the molecule is Cc1cccc(COc2ccc3c(c2)CC[C@@H]3N)n1. The lowest BCUT2D eigenvalue weighted by molar-refractivity contribution is 0.301. The summed E-state index contributed by atoms with van der Waals surface area (Å²) in [5, 5.41) is 0. The van der Waals surface area contributed by atoms with E-state index in [-0.39, 0.29) is 6.04 Å². The molecule has 0 amide bonds. The van der Waals surface area contributed by atoms with Crippen LogP contribution in [0.1, 0.15) is 35.0 Å². The van der Waals surface area contributed by atoms with Crippen molar-refractivity contribution >= 4 is 0 Å². The molecule has 3 rings (SSSR count). The topological polar surface area (TPSA) is 48.1 Å². The molecule has 3 heteroatoms. The maximum Gasteiger partial charge on any atom is 0.130 e. The average molecular weight is 254 g/mol. The number of rotatable bonds is 3. The first-order valence-electron chi connectivity index (χ1n) is 6.66. The lowest BCUT2D eigenvalue weighted by Crippen LogP contribution is -2.05. The Balaban J connectivity index is 1.71. The molecule has 1 atom stereocenters. The van der Waals surface area contributed by atoms with Crippen molar-refractivity contribution in [2.75, 3.05) is 0 Å². The number of hydrogen-bond acceptors (Lipinski definition) is 3. The van der Waals surface area contributed by atoms with Gasteiger partial charge in [0, 0.05) is 11.7 Å². The summed E-state index contributed by atoms with van der Waals surface area (Å²) in [7, 11) is 0. The molecule has 2 N–H and O–H groups in total. The van der Waals surface area contributed by atoms with Crippen molar-refractivity contribution in [1.82, 2.24) is 4.98 Å². The Bertz CT molecular complexity index is 595. The first-order chi connectivity index (χ1) is 9.22. The highest BCUT2D eigenvalue weighted by atomic mass is 16.5. The molecule has 0 aliphatic heterocycles. The van der Waals surface area contributed by atoms with Crippen molar-refractivity contribution in [3.8, 4) is 5.75 Å². The third-order valence-corrected chi connectivity index (χ3v) is 3.57. The molecule has 0 unspecified atom stereocenters. The van der Waals surface area contributed by atoms with Crippen LogP contribution in [0.5, 0.6) is 5.75 Å². The number of ether oxygens (including phenoxy) is 1. The third-order valence-electron chi connectivity index (χ3n) is 3.57. The molecule has 19 heavy (non-hydrogen) atoms. The molecule has 1 aliphatic carbocycles. The molecule has 1 aromatic heterocycles. The van der Waals surface area contributed by atoms with Crippen molar-refractivity contribution < 1.29 is 4.74 Å². The number of pyridine rings is 1. The van der Waals surface area contributed by atoms with Crippen LogP contribution in [0.25, 0.3) is 0 Å². The summed E-state index contributed by atoms with van der Waals surface area (Å²) < 4.78 is 5.80. The van der Waals surface area contributed by atoms with Gasteiger partial charge in [-0.1, -0.05) is 12.1 Å². The zero-order valence-corrected chi connectivity index (χ0v) is 11.1. The molecule has 0 radical (unpaired) electrons.